The largest absolute Gasteiger partial charge is 0.299 e. The molecule has 1 aliphatic rings. The zero-order chi connectivity index (χ0) is 9.30. The molecule has 1 fully saturated rings. The minimum atomic E-state index is 0.262. The van der Waals surface area contributed by atoms with E-state index in [1.807, 2.05) is 0 Å². The van der Waals surface area contributed by atoms with E-state index < -0.39 is 0 Å². The summed E-state index contributed by atoms with van der Waals surface area (Å²) < 4.78 is 0. The Hall–Kier alpha value is -0.590. The average molecular weight is 166 g/mol. The van der Waals surface area contributed by atoms with Gasteiger partial charge in [-0.2, -0.15) is 0 Å². The van der Waals surface area contributed by atoms with E-state index in [1.54, 1.807) is 0 Å². The summed E-state index contributed by atoms with van der Waals surface area (Å²) in [5.41, 5.74) is 1.12. The van der Waals surface area contributed by atoms with Gasteiger partial charge in [0.1, 0.15) is 5.78 Å². The lowest BCUT2D eigenvalue weighted by Gasteiger charge is -2.20. The molecule has 0 spiro atoms. The van der Waals surface area contributed by atoms with E-state index in [4.69, 9.17) is 0 Å². The number of hydrogen-bond donors (Lipinski definition) is 0. The first-order valence-corrected chi connectivity index (χ1v) is 4.71. The lowest BCUT2D eigenvalue weighted by atomic mass is 9.83. The van der Waals surface area contributed by atoms with Gasteiger partial charge in [-0.1, -0.05) is 32.9 Å². The minimum absolute atomic E-state index is 0.262. The second-order valence-corrected chi connectivity index (χ2v) is 4.31. The summed E-state index contributed by atoms with van der Waals surface area (Å²) >= 11 is 0. The van der Waals surface area contributed by atoms with Crippen LogP contribution in [0.15, 0.2) is 12.2 Å². The maximum absolute atomic E-state index is 11.5. The zero-order valence-corrected chi connectivity index (χ0v) is 8.26. The van der Waals surface area contributed by atoms with Crippen molar-refractivity contribution < 1.29 is 4.79 Å². The second-order valence-electron chi connectivity index (χ2n) is 4.31. The van der Waals surface area contributed by atoms with Gasteiger partial charge in [-0.05, 0) is 18.3 Å². The molecule has 0 radical (unpaired) electrons. The topological polar surface area (TPSA) is 17.1 Å². The molecule has 1 saturated carbocycles. The van der Waals surface area contributed by atoms with Crippen LogP contribution in [-0.2, 0) is 4.79 Å². The van der Waals surface area contributed by atoms with Crippen LogP contribution >= 0.6 is 0 Å². The van der Waals surface area contributed by atoms with Gasteiger partial charge in [0.2, 0.25) is 0 Å². The van der Waals surface area contributed by atoms with Gasteiger partial charge < -0.3 is 0 Å². The van der Waals surface area contributed by atoms with Crippen LogP contribution in [0.25, 0.3) is 0 Å². The molecule has 1 heteroatoms. The van der Waals surface area contributed by atoms with Crippen molar-refractivity contribution in [2.24, 2.45) is 17.8 Å². The summed E-state index contributed by atoms with van der Waals surface area (Å²) in [6.07, 6.45) is 1.56. The van der Waals surface area contributed by atoms with Crippen LogP contribution in [0.3, 0.4) is 0 Å². The first-order chi connectivity index (χ1) is 5.52. The minimum Gasteiger partial charge on any atom is -0.299 e. The molecule has 68 valence electrons. The van der Waals surface area contributed by atoms with Crippen molar-refractivity contribution in [2.45, 2.75) is 33.6 Å². The van der Waals surface area contributed by atoms with E-state index in [1.165, 1.54) is 0 Å². The van der Waals surface area contributed by atoms with E-state index in [0.29, 0.717) is 24.0 Å². The molecular weight excluding hydrogens is 148 g/mol. The highest BCUT2D eigenvalue weighted by atomic mass is 16.1. The summed E-state index contributed by atoms with van der Waals surface area (Å²) in [6, 6.07) is 0. The molecule has 2 unspecified atom stereocenters. The van der Waals surface area contributed by atoms with Crippen molar-refractivity contribution in [2.75, 3.05) is 0 Å². The highest BCUT2D eigenvalue weighted by molar-refractivity contribution is 5.86. The van der Waals surface area contributed by atoms with Crippen molar-refractivity contribution in [3.05, 3.63) is 12.2 Å². The predicted octanol–water partition coefficient (Wildman–Crippen LogP) is 2.81. The van der Waals surface area contributed by atoms with Crippen LogP contribution in [0.4, 0.5) is 0 Å². The smallest absolute Gasteiger partial charge is 0.140 e. The molecule has 12 heavy (non-hydrogen) atoms. The molecule has 0 heterocycles. The van der Waals surface area contributed by atoms with Crippen molar-refractivity contribution in [3.8, 4) is 0 Å². The van der Waals surface area contributed by atoms with Crippen LogP contribution in [0.5, 0.6) is 0 Å². The van der Waals surface area contributed by atoms with Gasteiger partial charge in [-0.3, -0.25) is 4.79 Å². The van der Waals surface area contributed by atoms with E-state index in [9.17, 15) is 4.79 Å². The van der Waals surface area contributed by atoms with Crippen LogP contribution in [0.1, 0.15) is 33.6 Å². The number of rotatable bonds is 2. The maximum atomic E-state index is 11.5. The molecule has 0 aromatic rings. The third-order valence-electron chi connectivity index (χ3n) is 3.03. The van der Waals surface area contributed by atoms with Gasteiger partial charge in [0.25, 0.3) is 0 Å². The van der Waals surface area contributed by atoms with Gasteiger partial charge >= 0.3 is 0 Å². The Labute approximate surface area is 74.9 Å². The van der Waals surface area contributed by atoms with Gasteiger partial charge in [0, 0.05) is 12.3 Å². The monoisotopic (exact) mass is 166 g/mol. The molecule has 0 aliphatic heterocycles. The number of carbonyl (C=O) groups is 1. The van der Waals surface area contributed by atoms with Crippen molar-refractivity contribution in [1.29, 1.82) is 0 Å². The Bertz CT molecular complexity index is 203. The highest BCUT2D eigenvalue weighted by Gasteiger charge is 2.32. The molecule has 0 saturated heterocycles. The normalized spacial score (nSPS) is 26.8. The molecule has 0 bridgehead atoms. The summed E-state index contributed by atoms with van der Waals surface area (Å²) in [6.45, 7) is 10.4. The summed E-state index contributed by atoms with van der Waals surface area (Å²) in [4.78, 5) is 11.5. The molecule has 0 amide bonds. The standard InChI is InChI=1S/C11H18O/c1-7(2)9(4)10-5-8(3)6-11(10)12/h7,9-10H,3,5-6H2,1-2,4H3. The Balaban J connectivity index is 2.64. The molecule has 1 nitrogen and oxygen atoms in total. The quantitative estimate of drug-likeness (QED) is 0.576. The fourth-order valence-corrected chi connectivity index (χ4v) is 1.82. The highest BCUT2D eigenvalue weighted by Crippen LogP contribution is 2.34. The van der Waals surface area contributed by atoms with Crippen molar-refractivity contribution >= 4 is 5.78 Å². The fourth-order valence-electron chi connectivity index (χ4n) is 1.82. The van der Waals surface area contributed by atoms with Crippen LogP contribution in [-0.4, -0.2) is 5.78 Å². The van der Waals surface area contributed by atoms with E-state index >= 15 is 0 Å². The van der Waals surface area contributed by atoms with Crippen LogP contribution in [0.2, 0.25) is 0 Å². The van der Waals surface area contributed by atoms with E-state index in [2.05, 4.69) is 27.4 Å². The fraction of sp³-hybridized carbons (Fsp3) is 0.727. The van der Waals surface area contributed by atoms with Gasteiger partial charge in [0.05, 0.1) is 0 Å². The van der Waals surface area contributed by atoms with Gasteiger partial charge in [0.15, 0.2) is 0 Å². The molecule has 0 aromatic carbocycles. The maximum Gasteiger partial charge on any atom is 0.140 e. The van der Waals surface area contributed by atoms with Gasteiger partial charge in [-0.25, -0.2) is 0 Å². The second kappa shape index (κ2) is 3.42. The van der Waals surface area contributed by atoms with E-state index in [0.717, 1.165) is 12.0 Å². The molecular formula is C11H18O. The Morgan fingerprint density at radius 1 is 1.42 bits per heavy atom. The number of allylic oxidation sites excluding steroid dienone is 1. The number of ketones is 1. The van der Waals surface area contributed by atoms with Crippen LogP contribution in [0, 0.1) is 17.8 Å². The van der Waals surface area contributed by atoms with E-state index in [-0.39, 0.29) is 5.92 Å². The summed E-state index contributed by atoms with van der Waals surface area (Å²) in [5.74, 6) is 1.78. The SMILES string of the molecule is C=C1CC(=O)C(C(C)C(C)C)C1. The van der Waals surface area contributed by atoms with Crippen LogP contribution < -0.4 is 0 Å². The first kappa shape index (κ1) is 9.50. The Morgan fingerprint density at radius 3 is 2.33 bits per heavy atom. The zero-order valence-electron chi connectivity index (χ0n) is 8.26. The number of Topliss-reactive ketones (excluding diaryl/α,β-unsaturated/α-hetero) is 1. The summed E-state index contributed by atoms with van der Waals surface area (Å²) in [7, 11) is 0. The van der Waals surface area contributed by atoms with Crippen molar-refractivity contribution in [1.82, 2.24) is 0 Å². The Kier molecular flexibility index (Phi) is 2.71. The van der Waals surface area contributed by atoms with Crippen molar-refractivity contribution in [3.63, 3.8) is 0 Å². The van der Waals surface area contributed by atoms with Gasteiger partial charge in [-0.15, -0.1) is 0 Å². The molecule has 1 aliphatic carbocycles. The lowest BCUT2D eigenvalue weighted by Crippen LogP contribution is -2.20. The number of carbonyl (C=O) groups excluding carboxylic acids is 1. The lowest BCUT2D eigenvalue weighted by molar-refractivity contribution is -0.122. The average Bonchev–Trinajstić information content (AvgIpc) is 2.28. The third-order valence-corrected chi connectivity index (χ3v) is 3.03. The molecule has 0 aromatic heterocycles. The Morgan fingerprint density at radius 2 is 2.00 bits per heavy atom. The molecule has 0 N–H and O–H groups in total. The third kappa shape index (κ3) is 1.77. The summed E-state index contributed by atoms with van der Waals surface area (Å²) in [5, 5.41) is 0. The molecule has 1 rings (SSSR count). The molecule has 2 atom stereocenters. The first-order valence-electron chi connectivity index (χ1n) is 4.71. The predicted molar refractivity (Wildman–Crippen MR) is 50.9 cm³/mol. The number of hydrogen-bond acceptors (Lipinski definition) is 1.